The summed E-state index contributed by atoms with van der Waals surface area (Å²) in [4.78, 5) is 25.4. The molecule has 35 heavy (non-hydrogen) atoms. The molecule has 0 radical (unpaired) electrons. The van der Waals surface area contributed by atoms with Gasteiger partial charge in [-0.1, -0.05) is 78.9 Å². The second kappa shape index (κ2) is 9.54. The third-order valence-corrected chi connectivity index (χ3v) is 6.29. The lowest BCUT2D eigenvalue weighted by atomic mass is 9.93. The highest BCUT2D eigenvalue weighted by Gasteiger charge is 2.29. The Morgan fingerprint density at radius 1 is 0.743 bits per heavy atom. The number of rotatable bonds is 7. The Morgan fingerprint density at radius 3 is 1.83 bits per heavy atom. The van der Waals surface area contributed by atoms with E-state index in [2.05, 4.69) is 0 Å². The maximum absolute atomic E-state index is 13.2. The molecule has 0 unspecified atom stereocenters. The summed E-state index contributed by atoms with van der Waals surface area (Å²) in [7, 11) is -3.68. The van der Waals surface area contributed by atoms with Crippen molar-refractivity contribution < 1.29 is 32.4 Å². The summed E-state index contributed by atoms with van der Waals surface area (Å²) in [5.74, 6) is -1.86. The standard InChI is InChI=1S/C27H20O7S/c1-34-27-22(35(31,32)33)16-21(25(29)18-11-6-3-7-12-18)26(30)23(27)19-13-8-14-20(15-19)24(28)17-9-4-2-5-10-17/h2-16,30H,1H3,(H,31,32,33). The van der Waals surface area contributed by atoms with E-state index in [1.54, 1.807) is 60.7 Å². The lowest BCUT2D eigenvalue weighted by molar-refractivity contribution is 0.102. The van der Waals surface area contributed by atoms with E-state index in [9.17, 15) is 27.7 Å². The summed E-state index contributed by atoms with van der Waals surface area (Å²) in [5, 5.41) is 11.2. The van der Waals surface area contributed by atoms with Gasteiger partial charge in [-0.3, -0.25) is 14.1 Å². The van der Waals surface area contributed by atoms with Crippen molar-refractivity contribution >= 4 is 21.7 Å². The highest BCUT2D eigenvalue weighted by atomic mass is 32.2. The molecular weight excluding hydrogens is 468 g/mol. The smallest absolute Gasteiger partial charge is 0.298 e. The van der Waals surface area contributed by atoms with E-state index < -0.39 is 26.5 Å². The van der Waals surface area contributed by atoms with Gasteiger partial charge in [0.2, 0.25) is 0 Å². The molecule has 0 aliphatic carbocycles. The normalized spacial score (nSPS) is 11.1. The van der Waals surface area contributed by atoms with Gasteiger partial charge in [0.05, 0.1) is 18.2 Å². The van der Waals surface area contributed by atoms with Crippen molar-refractivity contribution in [3.05, 3.63) is 113 Å². The monoisotopic (exact) mass is 488 g/mol. The molecule has 0 aliphatic heterocycles. The molecule has 0 fully saturated rings. The van der Waals surface area contributed by atoms with E-state index in [1.807, 2.05) is 0 Å². The fourth-order valence-corrected chi connectivity index (χ4v) is 4.47. The van der Waals surface area contributed by atoms with E-state index in [1.165, 1.54) is 31.4 Å². The van der Waals surface area contributed by atoms with Crippen molar-refractivity contribution in [3.63, 3.8) is 0 Å². The Morgan fingerprint density at radius 2 is 1.29 bits per heavy atom. The van der Waals surface area contributed by atoms with Crippen molar-refractivity contribution in [2.45, 2.75) is 4.90 Å². The van der Waals surface area contributed by atoms with Gasteiger partial charge < -0.3 is 9.84 Å². The first-order valence-electron chi connectivity index (χ1n) is 10.4. The average molecular weight is 489 g/mol. The number of carbonyl (C=O) groups is 2. The van der Waals surface area contributed by atoms with Crippen LogP contribution < -0.4 is 4.74 Å². The number of aromatic hydroxyl groups is 1. The van der Waals surface area contributed by atoms with Crippen LogP contribution in [0.1, 0.15) is 31.8 Å². The molecule has 0 aromatic heterocycles. The van der Waals surface area contributed by atoms with Gasteiger partial charge >= 0.3 is 0 Å². The molecule has 0 heterocycles. The third kappa shape index (κ3) is 4.70. The molecule has 4 aromatic rings. The second-order valence-corrected chi connectivity index (χ2v) is 9.02. The average Bonchev–Trinajstić information content (AvgIpc) is 2.87. The summed E-state index contributed by atoms with van der Waals surface area (Å²) in [6, 6.07) is 23.5. The van der Waals surface area contributed by atoms with Crippen LogP contribution in [0.3, 0.4) is 0 Å². The van der Waals surface area contributed by atoms with E-state index in [0.29, 0.717) is 5.56 Å². The fraction of sp³-hybridized carbons (Fsp3) is 0.0370. The zero-order valence-electron chi connectivity index (χ0n) is 18.5. The minimum atomic E-state index is -4.86. The summed E-state index contributed by atoms with van der Waals surface area (Å²) in [5.41, 5.74) is 0.627. The van der Waals surface area contributed by atoms with Crippen LogP contribution in [-0.4, -0.2) is 36.8 Å². The Hall–Kier alpha value is -4.27. The first-order valence-corrected chi connectivity index (χ1v) is 11.9. The fourth-order valence-electron chi connectivity index (χ4n) is 3.78. The van der Waals surface area contributed by atoms with Crippen LogP contribution in [-0.2, 0) is 10.1 Å². The maximum Gasteiger partial charge on any atom is 0.298 e. The van der Waals surface area contributed by atoms with Crippen LogP contribution in [0.15, 0.2) is 95.9 Å². The van der Waals surface area contributed by atoms with E-state index in [4.69, 9.17) is 4.74 Å². The summed E-state index contributed by atoms with van der Waals surface area (Å²) < 4.78 is 39.6. The second-order valence-electron chi connectivity index (χ2n) is 7.63. The number of hydrogen-bond acceptors (Lipinski definition) is 6. The Labute approximate surface area is 202 Å². The van der Waals surface area contributed by atoms with Crippen molar-refractivity contribution in [3.8, 4) is 22.6 Å². The van der Waals surface area contributed by atoms with Crippen LogP contribution in [0.25, 0.3) is 11.1 Å². The first-order chi connectivity index (χ1) is 16.7. The lowest BCUT2D eigenvalue weighted by Crippen LogP contribution is -2.09. The minimum Gasteiger partial charge on any atom is -0.506 e. The lowest BCUT2D eigenvalue weighted by Gasteiger charge is -2.17. The number of methoxy groups -OCH3 is 1. The molecule has 7 nitrogen and oxygen atoms in total. The van der Waals surface area contributed by atoms with Crippen molar-refractivity contribution in [2.24, 2.45) is 0 Å². The number of hydrogen-bond donors (Lipinski definition) is 2. The number of phenolic OH excluding ortho intramolecular Hbond substituents is 1. The quantitative estimate of drug-likeness (QED) is 0.284. The SMILES string of the molecule is COc1c(S(=O)(=O)O)cc(C(=O)c2ccccc2)c(O)c1-c1cccc(C(=O)c2ccccc2)c1. The van der Waals surface area contributed by atoms with Crippen LogP contribution in [0.2, 0.25) is 0 Å². The molecule has 0 atom stereocenters. The zero-order chi connectivity index (χ0) is 25.2. The van der Waals surface area contributed by atoms with Crippen molar-refractivity contribution in [1.82, 2.24) is 0 Å². The molecule has 8 heteroatoms. The minimum absolute atomic E-state index is 0.149. The summed E-state index contributed by atoms with van der Waals surface area (Å²) >= 11 is 0. The highest BCUT2D eigenvalue weighted by molar-refractivity contribution is 7.86. The Kier molecular flexibility index (Phi) is 6.50. The molecule has 2 N–H and O–H groups in total. The molecule has 0 spiro atoms. The van der Waals surface area contributed by atoms with Gasteiger partial charge in [0.25, 0.3) is 10.1 Å². The molecule has 0 bridgehead atoms. The predicted molar refractivity (Wildman–Crippen MR) is 130 cm³/mol. The van der Waals surface area contributed by atoms with Crippen molar-refractivity contribution in [1.29, 1.82) is 0 Å². The van der Waals surface area contributed by atoms with Gasteiger partial charge in [0, 0.05) is 16.7 Å². The number of benzene rings is 4. The molecule has 0 aliphatic rings. The van der Waals surface area contributed by atoms with Crippen molar-refractivity contribution in [2.75, 3.05) is 7.11 Å². The molecular formula is C27H20O7S. The zero-order valence-corrected chi connectivity index (χ0v) is 19.3. The number of ketones is 2. The molecule has 4 rings (SSSR count). The first kappa shape index (κ1) is 23.9. The van der Waals surface area contributed by atoms with E-state index >= 15 is 0 Å². The van der Waals surface area contributed by atoms with E-state index in [0.717, 1.165) is 6.07 Å². The number of phenols is 1. The molecule has 0 saturated heterocycles. The highest BCUT2D eigenvalue weighted by Crippen LogP contribution is 2.45. The van der Waals surface area contributed by atoms with Crippen LogP contribution >= 0.6 is 0 Å². The summed E-state index contributed by atoms with van der Waals surface area (Å²) in [6.07, 6.45) is 0. The summed E-state index contributed by atoms with van der Waals surface area (Å²) in [6.45, 7) is 0. The maximum atomic E-state index is 13.2. The van der Waals surface area contributed by atoms with Crippen LogP contribution in [0.5, 0.6) is 11.5 Å². The van der Waals surface area contributed by atoms with Gasteiger partial charge in [0.1, 0.15) is 10.6 Å². The van der Waals surface area contributed by atoms with Gasteiger partial charge in [0.15, 0.2) is 17.3 Å². The topological polar surface area (TPSA) is 118 Å². The Bertz CT molecular complexity index is 1530. The molecule has 0 amide bonds. The van der Waals surface area contributed by atoms with Gasteiger partial charge in [-0.05, 0) is 17.7 Å². The molecule has 4 aromatic carbocycles. The van der Waals surface area contributed by atoms with Gasteiger partial charge in [-0.15, -0.1) is 0 Å². The Balaban J connectivity index is 1.97. The number of carbonyl (C=O) groups excluding carboxylic acids is 2. The number of ether oxygens (including phenoxy) is 1. The van der Waals surface area contributed by atoms with Crippen LogP contribution in [0.4, 0.5) is 0 Å². The largest absolute Gasteiger partial charge is 0.506 e. The van der Waals surface area contributed by atoms with Gasteiger partial charge in [-0.25, -0.2) is 0 Å². The molecule has 176 valence electrons. The third-order valence-electron chi connectivity index (χ3n) is 5.43. The van der Waals surface area contributed by atoms with Gasteiger partial charge in [-0.2, -0.15) is 8.42 Å². The van der Waals surface area contributed by atoms with E-state index in [-0.39, 0.29) is 39.4 Å². The van der Waals surface area contributed by atoms with Crippen LogP contribution in [0, 0.1) is 0 Å². The molecule has 0 saturated carbocycles. The predicted octanol–water partition coefficient (Wildman–Crippen LogP) is 4.78.